The third-order valence-electron chi connectivity index (χ3n) is 4.01. The summed E-state index contributed by atoms with van der Waals surface area (Å²) < 4.78 is 19.8. The molecule has 6 nitrogen and oxygen atoms in total. The minimum Gasteiger partial charge on any atom is -0.496 e. The fraction of sp³-hybridized carbons (Fsp3) is 0.250. The maximum Gasteiger partial charge on any atom is 0.238 e. The average molecular weight is 451 g/mol. The van der Waals surface area contributed by atoms with Gasteiger partial charge in [-0.3, -0.25) is 4.79 Å². The van der Waals surface area contributed by atoms with E-state index >= 15 is 0 Å². The Kier molecular flexibility index (Phi) is 8.43. The molecule has 0 saturated carbocycles. The molecule has 2 rings (SSSR count). The zero-order chi connectivity index (χ0) is 20.5. The number of ether oxygens (including phenoxy) is 1. The first kappa shape index (κ1) is 21.9. The fourth-order valence-electron chi connectivity index (χ4n) is 2.66. The van der Waals surface area contributed by atoms with Crippen molar-refractivity contribution >= 4 is 33.2 Å². The standard InChI is InChI=1S/C20H24BrFN4O2/c1-24-20(16(21)10-23)15-9-14(7-8-18(15)28-2)26-19(27)12-25-11-13-5-3-4-6-17(13)22/h3-9,24-25H,10-12,23H2,1-2H3,(H,26,27)/b20-16+. The van der Waals surface area contributed by atoms with Crippen molar-refractivity contribution in [2.75, 3.05) is 32.6 Å². The van der Waals surface area contributed by atoms with Crippen LogP contribution in [-0.2, 0) is 11.3 Å². The highest BCUT2D eigenvalue weighted by Gasteiger charge is 2.13. The molecule has 0 bridgehead atoms. The first-order chi connectivity index (χ1) is 13.5. The number of anilines is 1. The Morgan fingerprint density at radius 1 is 1.25 bits per heavy atom. The quantitative estimate of drug-likeness (QED) is 0.471. The second-order valence-corrected chi connectivity index (χ2v) is 6.85. The van der Waals surface area contributed by atoms with Crippen LogP contribution in [0.15, 0.2) is 46.9 Å². The summed E-state index contributed by atoms with van der Waals surface area (Å²) in [6, 6.07) is 11.8. The van der Waals surface area contributed by atoms with Crippen molar-refractivity contribution in [1.82, 2.24) is 10.6 Å². The molecule has 5 N–H and O–H groups in total. The molecule has 0 aliphatic carbocycles. The van der Waals surface area contributed by atoms with Crippen molar-refractivity contribution in [3.8, 4) is 5.75 Å². The van der Waals surface area contributed by atoms with Gasteiger partial charge in [0.25, 0.3) is 0 Å². The Bertz CT molecular complexity index is 858. The maximum absolute atomic E-state index is 13.6. The van der Waals surface area contributed by atoms with Gasteiger partial charge in [0.05, 0.1) is 19.4 Å². The number of hydrogen-bond donors (Lipinski definition) is 4. The van der Waals surface area contributed by atoms with E-state index in [-0.39, 0.29) is 24.8 Å². The zero-order valence-electron chi connectivity index (χ0n) is 15.8. The highest BCUT2D eigenvalue weighted by molar-refractivity contribution is 9.11. The molecule has 28 heavy (non-hydrogen) atoms. The highest BCUT2D eigenvalue weighted by Crippen LogP contribution is 2.30. The van der Waals surface area contributed by atoms with Gasteiger partial charge in [-0.05, 0) is 24.3 Å². The Hall–Kier alpha value is -2.42. The summed E-state index contributed by atoms with van der Waals surface area (Å²) in [4.78, 5) is 12.2. The number of methoxy groups -OCH3 is 1. The molecule has 0 heterocycles. The van der Waals surface area contributed by atoms with Gasteiger partial charge in [0.2, 0.25) is 5.91 Å². The van der Waals surface area contributed by atoms with E-state index in [0.717, 1.165) is 15.7 Å². The normalized spacial score (nSPS) is 11.6. The Morgan fingerprint density at radius 3 is 2.64 bits per heavy atom. The van der Waals surface area contributed by atoms with Crippen LogP contribution in [0.25, 0.3) is 5.70 Å². The van der Waals surface area contributed by atoms with Gasteiger partial charge in [0, 0.05) is 41.4 Å². The molecule has 0 spiro atoms. The predicted octanol–water partition coefficient (Wildman–Crippen LogP) is 2.80. The number of carbonyl (C=O) groups is 1. The molecule has 150 valence electrons. The summed E-state index contributed by atoms with van der Waals surface area (Å²) in [5.74, 6) is 0.109. The minimum absolute atomic E-state index is 0.0525. The monoisotopic (exact) mass is 450 g/mol. The summed E-state index contributed by atoms with van der Waals surface area (Å²) in [5, 5.41) is 8.86. The molecule has 0 unspecified atom stereocenters. The Labute approximate surface area is 172 Å². The fourth-order valence-corrected chi connectivity index (χ4v) is 3.07. The van der Waals surface area contributed by atoms with Crippen molar-refractivity contribution in [3.63, 3.8) is 0 Å². The Morgan fingerprint density at radius 2 is 2.00 bits per heavy atom. The highest BCUT2D eigenvalue weighted by atomic mass is 79.9. The lowest BCUT2D eigenvalue weighted by Crippen LogP contribution is -2.28. The number of halogens is 2. The van der Waals surface area contributed by atoms with Crippen molar-refractivity contribution in [2.45, 2.75) is 6.54 Å². The summed E-state index contributed by atoms with van der Waals surface area (Å²) in [6.45, 7) is 0.636. The van der Waals surface area contributed by atoms with Gasteiger partial charge in [-0.2, -0.15) is 0 Å². The molecule has 0 atom stereocenters. The molecule has 8 heteroatoms. The van der Waals surface area contributed by atoms with Crippen molar-refractivity contribution in [3.05, 3.63) is 63.9 Å². The van der Waals surface area contributed by atoms with E-state index in [0.29, 0.717) is 23.5 Å². The molecule has 0 aliphatic heterocycles. The molecule has 0 fully saturated rings. The van der Waals surface area contributed by atoms with E-state index in [1.165, 1.54) is 6.07 Å². The van der Waals surface area contributed by atoms with Crippen molar-refractivity contribution in [2.24, 2.45) is 5.73 Å². The van der Waals surface area contributed by atoms with Gasteiger partial charge in [-0.25, -0.2) is 4.39 Å². The van der Waals surface area contributed by atoms with E-state index in [1.54, 1.807) is 50.6 Å². The summed E-state index contributed by atoms with van der Waals surface area (Å²) >= 11 is 3.45. The smallest absolute Gasteiger partial charge is 0.238 e. The van der Waals surface area contributed by atoms with E-state index in [2.05, 4.69) is 31.9 Å². The van der Waals surface area contributed by atoms with Crippen LogP contribution in [-0.4, -0.2) is 33.2 Å². The van der Waals surface area contributed by atoms with Gasteiger partial charge in [0.15, 0.2) is 0 Å². The molecule has 0 aromatic heterocycles. The van der Waals surface area contributed by atoms with E-state index in [4.69, 9.17) is 10.5 Å². The first-order valence-electron chi connectivity index (χ1n) is 8.69. The topological polar surface area (TPSA) is 88.4 Å². The second kappa shape index (κ2) is 10.8. The van der Waals surface area contributed by atoms with Crippen LogP contribution in [0.3, 0.4) is 0 Å². The van der Waals surface area contributed by atoms with E-state index in [1.807, 2.05) is 0 Å². The molecule has 0 radical (unpaired) electrons. The number of nitrogens with one attached hydrogen (secondary N) is 3. The lowest BCUT2D eigenvalue weighted by atomic mass is 10.1. The van der Waals surface area contributed by atoms with Crippen LogP contribution in [0.2, 0.25) is 0 Å². The van der Waals surface area contributed by atoms with Crippen LogP contribution in [0, 0.1) is 5.82 Å². The number of carbonyl (C=O) groups excluding carboxylic acids is 1. The summed E-state index contributed by atoms with van der Waals surface area (Å²) in [7, 11) is 3.36. The van der Waals surface area contributed by atoms with Gasteiger partial charge < -0.3 is 26.4 Å². The summed E-state index contributed by atoms with van der Waals surface area (Å²) in [6.07, 6.45) is 0. The van der Waals surface area contributed by atoms with E-state index in [9.17, 15) is 9.18 Å². The number of nitrogens with two attached hydrogens (primary N) is 1. The van der Waals surface area contributed by atoms with E-state index < -0.39 is 0 Å². The maximum atomic E-state index is 13.6. The number of amides is 1. The molecular formula is C20H24BrFN4O2. The zero-order valence-corrected chi connectivity index (χ0v) is 17.4. The summed E-state index contributed by atoms with van der Waals surface area (Å²) in [5.41, 5.74) is 8.38. The van der Waals surface area contributed by atoms with Crippen LogP contribution in [0.5, 0.6) is 5.75 Å². The van der Waals surface area contributed by atoms with Gasteiger partial charge in [-0.1, -0.05) is 34.1 Å². The molecule has 0 aliphatic rings. The van der Waals surface area contributed by atoms with Crippen molar-refractivity contribution in [1.29, 1.82) is 0 Å². The minimum atomic E-state index is -0.299. The number of benzene rings is 2. The van der Waals surface area contributed by atoms with Crippen LogP contribution >= 0.6 is 15.9 Å². The predicted molar refractivity (Wildman–Crippen MR) is 114 cm³/mol. The first-order valence-corrected chi connectivity index (χ1v) is 9.48. The van der Waals surface area contributed by atoms with Gasteiger partial charge in [0.1, 0.15) is 11.6 Å². The van der Waals surface area contributed by atoms with Gasteiger partial charge >= 0.3 is 0 Å². The molecule has 1 amide bonds. The van der Waals surface area contributed by atoms with Crippen molar-refractivity contribution < 1.29 is 13.9 Å². The average Bonchev–Trinajstić information content (AvgIpc) is 2.70. The second-order valence-electron chi connectivity index (χ2n) is 5.89. The third kappa shape index (κ3) is 5.79. The molecule has 0 saturated heterocycles. The molecular weight excluding hydrogens is 427 g/mol. The largest absolute Gasteiger partial charge is 0.496 e. The van der Waals surface area contributed by atoms with Crippen LogP contribution < -0.4 is 26.4 Å². The van der Waals surface area contributed by atoms with Crippen LogP contribution in [0.4, 0.5) is 10.1 Å². The lowest BCUT2D eigenvalue weighted by molar-refractivity contribution is -0.115. The third-order valence-corrected chi connectivity index (χ3v) is 4.73. The lowest BCUT2D eigenvalue weighted by Gasteiger charge is -2.16. The number of rotatable bonds is 9. The molecule has 2 aromatic rings. The van der Waals surface area contributed by atoms with Crippen LogP contribution in [0.1, 0.15) is 11.1 Å². The SMILES string of the molecule is CN/C(=C(/Br)CN)c1cc(NC(=O)CNCc2ccccc2F)ccc1OC. The number of hydrogen-bond acceptors (Lipinski definition) is 5. The Balaban J connectivity index is 2.06. The van der Waals surface area contributed by atoms with Gasteiger partial charge in [-0.15, -0.1) is 0 Å². The molecule has 2 aromatic carbocycles.